The van der Waals surface area contributed by atoms with Gasteiger partial charge in [0.25, 0.3) is 0 Å². The normalized spacial score (nSPS) is 11.6. The van der Waals surface area contributed by atoms with Gasteiger partial charge in [0, 0.05) is 12.7 Å². The van der Waals surface area contributed by atoms with Crippen molar-refractivity contribution in [3.63, 3.8) is 0 Å². The molecule has 0 saturated carbocycles. The van der Waals surface area contributed by atoms with Gasteiger partial charge in [-0.1, -0.05) is 12.1 Å². The molecule has 1 heterocycles. The third kappa shape index (κ3) is 2.70. The van der Waals surface area contributed by atoms with E-state index in [4.69, 9.17) is 10.9 Å². The summed E-state index contributed by atoms with van der Waals surface area (Å²) in [5.74, 6) is 0.0309. The molecular formula is C9H14N4O. The molecule has 1 rings (SSSR count). The quantitative estimate of drug-likeness (QED) is 0.278. The van der Waals surface area contributed by atoms with E-state index < -0.39 is 0 Å². The molecule has 14 heavy (non-hydrogen) atoms. The molecule has 5 heteroatoms. The van der Waals surface area contributed by atoms with Crippen LogP contribution in [-0.2, 0) is 6.54 Å². The van der Waals surface area contributed by atoms with E-state index in [1.54, 1.807) is 12.3 Å². The van der Waals surface area contributed by atoms with Crippen LogP contribution in [0, 0.1) is 0 Å². The summed E-state index contributed by atoms with van der Waals surface area (Å²) in [6.07, 6.45) is 1.64. The molecule has 4 N–H and O–H groups in total. The van der Waals surface area contributed by atoms with E-state index in [0.29, 0.717) is 5.69 Å². The van der Waals surface area contributed by atoms with Gasteiger partial charge in [-0.2, -0.15) is 0 Å². The molecule has 5 nitrogen and oxygen atoms in total. The van der Waals surface area contributed by atoms with Gasteiger partial charge in [0.05, 0.1) is 0 Å². The van der Waals surface area contributed by atoms with Crippen molar-refractivity contribution in [1.29, 1.82) is 0 Å². The molecule has 0 radical (unpaired) electrons. The lowest BCUT2D eigenvalue weighted by Crippen LogP contribution is -2.17. The summed E-state index contributed by atoms with van der Waals surface area (Å²) in [6, 6.07) is 3.68. The zero-order valence-corrected chi connectivity index (χ0v) is 8.07. The van der Waals surface area contributed by atoms with Gasteiger partial charge >= 0.3 is 0 Å². The van der Waals surface area contributed by atoms with Crippen LogP contribution < -0.4 is 11.1 Å². The zero-order chi connectivity index (χ0) is 10.4. The van der Waals surface area contributed by atoms with Crippen LogP contribution in [0.25, 0.3) is 0 Å². The van der Waals surface area contributed by atoms with Gasteiger partial charge in [0.1, 0.15) is 5.69 Å². The molecule has 0 aliphatic carbocycles. The number of amidine groups is 1. The van der Waals surface area contributed by atoms with Crippen molar-refractivity contribution in [2.75, 3.05) is 6.54 Å². The maximum absolute atomic E-state index is 8.46. The van der Waals surface area contributed by atoms with E-state index in [1.165, 1.54) is 0 Å². The first-order valence-electron chi connectivity index (χ1n) is 4.41. The van der Waals surface area contributed by atoms with E-state index in [9.17, 15) is 0 Å². The number of hydrogen-bond donors (Lipinski definition) is 3. The Bertz CT molecular complexity index is 324. The maximum Gasteiger partial charge on any atom is 0.188 e. The van der Waals surface area contributed by atoms with Gasteiger partial charge in [-0.25, -0.2) is 0 Å². The average Bonchev–Trinajstić information content (AvgIpc) is 2.25. The van der Waals surface area contributed by atoms with E-state index >= 15 is 0 Å². The predicted molar refractivity (Wildman–Crippen MR) is 54.1 cm³/mol. The molecule has 0 amide bonds. The molecule has 0 spiro atoms. The summed E-state index contributed by atoms with van der Waals surface area (Å²) in [4.78, 5) is 3.97. The van der Waals surface area contributed by atoms with Gasteiger partial charge in [-0.05, 0) is 24.2 Å². The summed E-state index contributed by atoms with van der Waals surface area (Å²) in [7, 11) is 0. The molecule has 0 fully saturated rings. The zero-order valence-electron chi connectivity index (χ0n) is 8.07. The maximum atomic E-state index is 8.46. The van der Waals surface area contributed by atoms with Crippen molar-refractivity contribution in [1.82, 2.24) is 10.3 Å². The average molecular weight is 194 g/mol. The molecule has 0 unspecified atom stereocenters. The van der Waals surface area contributed by atoms with Crippen LogP contribution in [0.5, 0.6) is 0 Å². The minimum absolute atomic E-state index is 0.0309. The molecule has 0 aromatic carbocycles. The lowest BCUT2D eigenvalue weighted by Gasteiger charge is -2.03. The summed E-state index contributed by atoms with van der Waals surface area (Å²) in [5, 5.41) is 14.5. The fraction of sp³-hybridized carbons (Fsp3) is 0.333. The Morgan fingerprint density at radius 3 is 3.14 bits per heavy atom. The summed E-state index contributed by atoms with van der Waals surface area (Å²) < 4.78 is 0. The third-order valence-electron chi connectivity index (χ3n) is 1.77. The Morgan fingerprint density at radius 1 is 1.71 bits per heavy atom. The second kappa shape index (κ2) is 5.18. The van der Waals surface area contributed by atoms with E-state index in [0.717, 1.165) is 18.7 Å². The molecule has 1 aromatic rings. The van der Waals surface area contributed by atoms with Crippen molar-refractivity contribution in [2.24, 2.45) is 10.9 Å². The predicted octanol–water partition coefficient (Wildman–Crippen LogP) is 0.286. The first-order chi connectivity index (χ1) is 6.77. The van der Waals surface area contributed by atoms with Gasteiger partial charge in [0.15, 0.2) is 5.84 Å². The van der Waals surface area contributed by atoms with Gasteiger partial charge in [-0.3, -0.25) is 4.98 Å². The van der Waals surface area contributed by atoms with Crippen molar-refractivity contribution < 1.29 is 5.21 Å². The van der Waals surface area contributed by atoms with Gasteiger partial charge in [-0.15, -0.1) is 0 Å². The molecule has 0 atom stereocenters. The Morgan fingerprint density at radius 2 is 2.50 bits per heavy atom. The Hall–Kier alpha value is -1.62. The highest BCUT2D eigenvalue weighted by molar-refractivity contribution is 5.95. The smallest absolute Gasteiger partial charge is 0.188 e. The standard InChI is InChI=1S/C9H14N4O/c1-2-11-6-7-3-4-12-8(5-7)9(10)13-14/h3-5,11,14H,2,6H2,1H3,(H2,10,13). The van der Waals surface area contributed by atoms with Crippen LogP contribution in [0.15, 0.2) is 23.5 Å². The molecular weight excluding hydrogens is 180 g/mol. The van der Waals surface area contributed by atoms with E-state index in [-0.39, 0.29) is 5.84 Å². The summed E-state index contributed by atoms with van der Waals surface area (Å²) in [6.45, 7) is 3.69. The van der Waals surface area contributed by atoms with Crippen LogP contribution in [-0.4, -0.2) is 22.6 Å². The Labute approximate surface area is 82.6 Å². The fourth-order valence-corrected chi connectivity index (χ4v) is 1.04. The fourth-order valence-electron chi connectivity index (χ4n) is 1.04. The topological polar surface area (TPSA) is 83.5 Å². The Kier molecular flexibility index (Phi) is 3.87. The van der Waals surface area contributed by atoms with E-state index in [1.807, 2.05) is 13.0 Å². The minimum Gasteiger partial charge on any atom is -0.409 e. The van der Waals surface area contributed by atoms with Crippen LogP contribution >= 0.6 is 0 Å². The minimum atomic E-state index is 0.0309. The van der Waals surface area contributed by atoms with Crippen LogP contribution in [0.3, 0.4) is 0 Å². The van der Waals surface area contributed by atoms with Crippen molar-refractivity contribution in [3.05, 3.63) is 29.6 Å². The summed E-state index contributed by atoms with van der Waals surface area (Å²) in [5.41, 5.74) is 6.96. The highest BCUT2D eigenvalue weighted by atomic mass is 16.4. The number of nitrogens with zero attached hydrogens (tertiary/aromatic N) is 2. The number of hydrogen-bond acceptors (Lipinski definition) is 4. The number of oxime groups is 1. The summed E-state index contributed by atoms with van der Waals surface area (Å²) >= 11 is 0. The third-order valence-corrected chi connectivity index (χ3v) is 1.77. The number of pyridine rings is 1. The van der Waals surface area contributed by atoms with Crippen molar-refractivity contribution in [2.45, 2.75) is 13.5 Å². The molecule has 0 aliphatic heterocycles. The number of rotatable bonds is 4. The van der Waals surface area contributed by atoms with Crippen LogP contribution in [0.2, 0.25) is 0 Å². The van der Waals surface area contributed by atoms with Crippen molar-refractivity contribution in [3.8, 4) is 0 Å². The number of nitrogens with two attached hydrogens (primary N) is 1. The SMILES string of the molecule is CCNCc1ccnc(C(N)=NO)c1. The second-order valence-electron chi connectivity index (χ2n) is 2.81. The molecule has 0 bridgehead atoms. The first kappa shape index (κ1) is 10.5. The molecule has 0 saturated heterocycles. The molecule has 0 aliphatic rings. The highest BCUT2D eigenvalue weighted by Gasteiger charge is 2.01. The second-order valence-corrected chi connectivity index (χ2v) is 2.81. The van der Waals surface area contributed by atoms with Gasteiger partial charge < -0.3 is 16.3 Å². The highest BCUT2D eigenvalue weighted by Crippen LogP contribution is 2.01. The Balaban J connectivity index is 2.79. The lowest BCUT2D eigenvalue weighted by molar-refractivity contribution is 0.318. The van der Waals surface area contributed by atoms with Crippen molar-refractivity contribution >= 4 is 5.84 Å². The molecule has 76 valence electrons. The van der Waals surface area contributed by atoms with Crippen LogP contribution in [0.4, 0.5) is 0 Å². The largest absolute Gasteiger partial charge is 0.409 e. The number of nitrogens with one attached hydrogen (secondary N) is 1. The van der Waals surface area contributed by atoms with E-state index in [2.05, 4.69) is 15.5 Å². The monoisotopic (exact) mass is 194 g/mol. The lowest BCUT2D eigenvalue weighted by atomic mass is 10.2. The number of aromatic nitrogens is 1. The first-order valence-corrected chi connectivity index (χ1v) is 4.41. The van der Waals surface area contributed by atoms with Gasteiger partial charge in [0.2, 0.25) is 0 Å². The van der Waals surface area contributed by atoms with Crippen LogP contribution in [0.1, 0.15) is 18.2 Å². The molecule has 1 aromatic heterocycles.